The number of fused-ring (bicyclic) bond motifs is 1. The van der Waals surface area contributed by atoms with Crippen LogP contribution in [-0.2, 0) is 11.2 Å². The van der Waals surface area contributed by atoms with E-state index in [1.807, 2.05) is 6.92 Å². The summed E-state index contributed by atoms with van der Waals surface area (Å²) in [6.07, 6.45) is 1.19. The SMILES string of the molecule is Cc1c(Cl)ccc2c1CCC(=O)O2. The highest BCUT2D eigenvalue weighted by atomic mass is 35.5. The van der Waals surface area contributed by atoms with Gasteiger partial charge in [-0.1, -0.05) is 11.6 Å². The summed E-state index contributed by atoms with van der Waals surface area (Å²) in [4.78, 5) is 11.0. The lowest BCUT2D eigenvalue weighted by atomic mass is 10.0. The first-order valence-corrected chi connectivity index (χ1v) is 4.55. The van der Waals surface area contributed by atoms with Crippen LogP contribution in [0.5, 0.6) is 5.75 Å². The lowest BCUT2D eigenvalue weighted by molar-refractivity contribution is -0.135. The minimum Gasteiger partial charge on any atom is -0.426 e. The maximum Gasteiger partial charge on any atom is 0.311 e. The van der Waals surface area contributed by atoms with Gasteiger partial charge in [-0.15, -0.1) is 0 Å². The summed E-state index contributed by atoms with van der Waals surface area (Å²) in [7, 11) is 0. The van der Waals surface area contributed by atoms with Gasteiger partial charge in [0.05, 0.1) is 6.42 Å². The normalized spacial score (nSPS) is 15.1. The third-order valence-corrected chi connectivity index (χ3v) is 2.70. The number of rotatable bonds is 0. The quantitative estimate of drug-likeness (QED) is 0.471. The Hall–Kier alpha value is -1.02. The maximum absolute atomic E-state index is 11.0. The molecule has 13 heavy (non-hydrogen) atoms. The molecule has 0 bridgehead atoms. The van der Waals surface area contributed by atoms with E-state index >= 15 is 0 Å². The maximum atomic E-state index is 11.0. The van der Waals surface area contributed by atoms with E-state index < -0.39 is 0 Å². The first-order valence-electron chi connectivity index (χ1n) is 4.17. The molecule has 1 heterocycles. The van der Waals surface area contributed by atoms with E-state index in [0.717, 1.165) is 22.6 Å². The van der Waals surface area contributed by atoms with Gasteiger partial charge in [-0.3, -0.25) is 4.79 Å². The minimum atomic E-state index is -0.158. The van der Waals surface area contributed by atoms with E-state index in [1.54, 1.807) is 12.1 Å². The zero-order chi connectivity index (χ0) is 9.42. The summed E-state index contributed by atoms with van der Waals surface area (Å²) in [5.41, 5.74) is 2.08. The van der Waals surface area contributed by atoms with Gasteiger partial charge in [-0.25, -0.2) is 0 Å². The van der Waals surface area contributed by atoms with Crippen LogP contribution >= 0.6 is 11.6 Å². The standard InChI is InChI=1S/C10H9ClO2/c1-6-7-2-5-10(12)13-9(7)4-3-8(6)11/h3-4H,2,5H2,1H3. The van der Waals surface area contributed by atoms with Gasteiger partial charge < -0.3 is 4.74 Å². The number of carbonyl (C=O) groups excluding carboxylic acids is 1. The van der Waals surface area contributed by atoms with Crippen molar-refractivity contribution < 1.29 is 9.53 Å². The van der Waals surface area contributed by atoms with Gasteiger partial charge in [-0.05, 0) is 36.6 Å². The fourth-order valence-electron chi connectivity index (χ4n) is 1.51. The first-order chi connectivity index (χ1) is 6.18. The number of carbonyl (C=O) groups is 1. The molecule has 0 amide bonds. The zero-order valence-electron chi connectivity index (χ0n) is 7.26. The molecule has 1 aliphatic rings. The highest BCUT2D eigenvalue weighted by Crippen LogP contribution is 2.31. The van der Waals surface area contributed by atoms with E-state index in [1.165, 1.54) is 0 Å². The Bertz CT molecular complexity index is 371. The predicted octanol–water partition coefficient (Wildman–Crippen LogP) is 2.50. The molecule has 0 spiro atoms. The van der Waals surface area contributed by atoms with E-state index in [-0.39, 0.29) is 5.97 Å². The Morgan fingerprint density at radius 3 is 2.92 bits per heavy atom. The average Bonchev–Trinajstić information content (AvgIpc) is 2.12. The van der Waals surface area contributed by atoms with Crippen LogP contribution in [0.4, 0.5) is 0 Å². The average molecular weight is 197 g/mol. The fraction of sp³-hybridized carbons (Fsp3) is 0.300. The second kappa shape index (κ2) is 3.04. The van der Waals surface area contributed by atoms with Crippen LogP contribution in [0.25, 0.3) is 0 Å². The summed E-state index contributed by atoms with van der Waals surface area (Å²) in [6, 6.07) is 3.51. The highest BCUT2D eigenvalue weighted by Gasteiger charge is 2.19. The van der Waals surface area contributed by atoms with Crippen LogP contribution in [0.2, 0.25) is 5.02 Å². The zero-order valence-corrected chi connectivity index (χ0v) is 8.02. The Labute approximate surface area is 81.5 Å². The molecule has 68 valence electrons. The lowest BCUT2D eigenvalue weighted by Gasteiger charge is -2.17. The van der Waals surface area contributed by atoms with Crippen molar-refractivity contribution in [2.24, 2.45) is 0 Å². The molecule has 2 rings (SSSR count). The Balaban J connectivity index is 2.53. The molecule has 1 aromatic rings. The molecule has 0 saturated carbocycles. The molecule has 1 aromatic carbocycles. The molecule has 0 fully saturated rings. The summed E-state index contributed by atoms with van der Waals surface area (Å²) < 4.78 is 5.07. The van der Waals surface area contributed by atoms with Crippen LogP contribution in [0.15, 0.2) is 12.1 Å². The van der Waals surface area contributed by atoms with Gasteiger partial charge in [-0.2, -0.15) is 0 Å². The third kappa shape index (κ3) is 1.42. The first kappa shape index (κ1) is 8.57. The van der Waals surface area contributed by atoms with Gasteiger partial charge in [0.15, 0.2) is 0 Å². The van der Waals surface area contributed by atoms with Gasteiger partial charge in [0, 0.05) is 5.02 Å². The van der Waals surface area contributed by atoms with Crippen molar-refractivity contribution >= 4 is 17.6 Å². The third-order valence-electron chi connectivity index (χ3n) is 2.29. The number of hydrogen-bond donors (Lipinski definition) is 0. The second-order valence-corrected chi connectivity index (χ2v) is 3.53. The smallest absolute Gasteiger partial charge is 0.311 e. The summed E-state index contributed by atoms with van der Waals surface area (Å²) in [5, 5.41) is 0.733. The van der Waals surface area contributed by atoms with Gasteiger partial charge in [0.1, 0.15) is 5.75 Å². The second-order valence-electron chi connectivity index (χ2n) is 3.12. The number of benzene rings is 1. The Morgan fingerprint density at radius 2 is 2.15 bits per heavy atom. The van der Waals surface area contributed by atoms with Crippen molar-refractivity contribution in [2.45, 2.75) is 19.8 Å². The van der Waals surface area contributed by atoms with Gasteiger partial charge >= 0.3 is 5.97 Å². The molecule has 0 aromatic heterocycles. The summed E-state index contributed by atoms with van der Waals surface area (Å²) in [6.45, 7) is 1.94. The summed E-state index contributed by atoms with van der Waals surface area (Å²) >= 11 is 5.94. The predicted molar refractivity (Wildman–Crippen MR) is 50.1 cm³/mol. The largest absolute Gasteiger partial charge is 0.426 e. The van der Waals surface area contributed by atoms with Crippen molar-refractivity contribution in [2.75, 3.05) is 0 Å². The van der Waals surface area contributed by atoms with Crippen LogP contribution in [-0.4, -0.2) is 5.97 Å². The van der Waals surface area contributed by atoms with Crippen molar-refractivity contribution in [3.63, 3.8) is 0 Å². The fourth-order valence-corrected chi connectivity index (χ4v) is 1.69. The van der Waals surface area contributed by atoms with E-state index in [0.29, 0.717) is 12.2 Å². The number of hydrogen-bond acceptors (Lipinski definition) is 2. The topological polar surface area (TPSA) is 26.3 Å². The van der Waals surface area contributed by atoms with Crippen LogP contribution in [0, 0.1) is 6.92 Å². The molecule has 1 aliphatic heterocycles. The van der Waals surface area contributed by atoms with Crippen LogP contribution < -0.4 is 4.74 Å². The van der Waals surface area contributed by atoms with Gasteiger partial charge in [0.2, 0.25) is 0 Å². The van der Waals surface area contributed by atoms with Gasteiger partial charge in [0.25, 0.3) is 0 Å². The number of esters is 1. The highest BCUT2D eigenvalue weighted by molar-refractivity contribution is 6.31. The van der Waals surface area contributed by atoms with Crippen molar-refractivity contribution in [1.82, 2.24) is 0 Å². The number of ether oxygens (including phenoxy) is 1. The monoisotopic (exact) mass is 196 g/mol. The summed E-state index contributed by atoms with van der Waals surface area (Å²) in [5.74, 6) is 0.507. The molecule has 0 radical (unpaired) electrons. The molecule has 0 aliphatic carbocycles. The van der Waals surface area contributed by atoms with Crippen LogP contribution in [0.1, 0.15) is 17.5 Å². The minimum absolute atomic E-state index is 0.158. The molecule has 0 unspecified atom stereocenters. The molecule has 3 heteroatoms. The molecule has 2 nitrogen and oxygen atoms in total. The molecule has 0 atom stereocenters. The lowest BCUT2D eigenvalue weighted by Crippen LogP contribution is -2.16. The van der Waals surface area contributed by atoms with Crippen molar-refractivity contribution in [3.05, 3.63) is 28.3 Å². The molecular formula is C10H9ClO2. The van der Waals surface area contributed by atoms with Crippen molar-refractivity contribution in [3.8, 4) is 5.75 Å². The number of halogens is 1. The van der Waals surface area contributed by atoms with Crippen LogP contribution in [0.3, 0.4) is 0 Å². The van der Waals surface area contributed by atoms with E-state index in [4.69, 9.17) is 16.3 Å². The molecular weight excluding hydrogens is 188 g/mol. The molecule has 0 saturated heterocycles. The van der Waals surface area contributed by atoms with E-state index in [2.05, 4.69) is 0 Å². The Morgan fingerprint density at radius 1 is 1.38 bits per heavy atom. The van der Waals surface area contributed by atoms with E-state index in [9.17, 15) is 4.79 Å². The Kier molecular flexibility index (Phi) is 2.00. The van der Waals surface area contributed by atoms with Crippen molar-refractivity contribution in [1.29, 1.82) is 0 Å². The molecule has 0 N–H and O–H groups in total.